The van der Waals surface area contributed by atoms with E-state index in [4.69, 9.17) is 5.11 Å². The molecule has 8 nitrogen and oxygen atoms in total. The third-order valence-corrected chi connectivity index (χ3v) is 3.58. The van der Waals surface area contributed by atoms with Crippen LogP contribution >= 0.6 is 15.9 Å². The largest absolute Gasteiger partial charge is 0.480 e. The summed E-state index contributed by atoms with van der Waals surface area (Å²) in [6.45, 7) is 0.101. The smallest absolute Gasteiger partial charge is 0.325 e. The van der Waals surface area contributed by atoms with E-state index in [1.54, 1.807) is 25.0 Å². The topological polar surface area (TPSA) is 93.3 Å². The van der Waals surface area contributed by atoms with Crippen LogP contribution < -0.4 is 0 Å². The van der Waals surface area contributed by atoms with Crippen LogP contribution in [0.5, 0.6) is 0 Å². The fourth-order valence-electron chi connectivity index (χ4n) is 1.83. The maximum Gasteiger partial charge on any atom is 0.325 e. The van der Waals surface area contributed by atoms with Crippen molar-refractivity contribution < 1.29 is 14.7 Å². The van der Waals surface area contributed by atoms with Gasteiger partial charge in [0, 0.05) is 20.3 Å². The second-order valence-corrected chi connectivity index (χ2v) is 5.40. The van der Waals surface area contributed by atoms with Crippen LogP contribution in [0.15, 0.2) is 23.1 Å². The summed E-state index contributed by atoms with van der Waals surface area (Å²) >= 11 is 3.38. The number of aromatic nitrogens is 4. The molecule has 21 heavy (non-hydrogen) atoms. The van der Waals surface area contributed by atoms with Crippen molar-refractivity contribution in [3.05, 3.63) is 34.3 Å². The minimum atomic E-state index is -1.01. The zero-order chi connectivity index (χ0) is 15.6. The molecule has 0 aliphatic rings. The van der Waals surface area contributed by atoms with Gasteiger partial charge in [0.25, 0.3) is 5.91 Å². The first-order valence-corrected chi connectivity index (χ1v) is 6.84. The van der Waals surface area contributed by atoms with Gasteiger partial charge < -0.3 is 10.0 Å². The van der Waals surface area contributed by atoms with Crippen molar-refractivity contribution in [3.8, 4) is 0 Å². The predicted molar refractivity (Wildman–Crippen MR) is 76.6 cm³/mol. The summed E-state index contributed by atoms with van der Waals surface area (Å²) in [4.78, 5) is 24.4. The Morgan fingerprint density at radius 3 is 2.67 bits per heavy atom. The van der Waals surface area contributed by atoms with Crippen LogP contribution in [-0.2, 0) is 24.9 Å². The van der Waals surface area contributed by atoms with E-state index in [0.717, 1.165) is 10.2 Å². The van der Waals surface area contributed by atoms with Crippen LogP contribution in [0, 0.1) is 0 Å². The van der Waals surface area contributed by atoms with E-state index in [-0.39, 0.29) is 12.5 Å². The van der Waals surface area contributed by atoms with E-state index in [9.17, 15) is 9.59 Å². The first-order valence-electron chi connectivity index (χ1n) is 6.04. The standard InChI is InChI=1S/C12H14BrN5O3/c1-16(6-10-9(13)4-14-17(10)2)12(21)8-3-15-18(5-8)7-11(19)20/h3-5H,6-7H2,1-2H3,(H,19,20). The lowest BCUT2D eigenvalue weighted by molar-refractivity contribution is -0.137. The Balaban J connectivity index is 2.09. The quantitative estimate of drug-likeness (QED) is 0.853. The van der Waals surface area contributed by atoms with Crippen molar-refractivity contribution in [2.45, 2.75) is 13.1 Å². The highest BCUT2D eigenvalue weighted by Crippen LogP contribution is 2.17. The molecular formula is C12H14BrN5O3. The maximum absolute atomic E-state index is 12.3. The second kappa shape index (κ2) is 6.08. The molecule has 0 saturated heterocycles. The molecule has 2 rings (SSSR count). The number of rotatable bonds is 5. The molecule has 0 radical (unpaired) electrons. The molecule has 0 unspecified atom stereocenters. The maximum atomic E-state index is 12.3. The minimum absolute atomic E-state index is 0.236. The third-order valence-electron chi connectivity index (χ3n) is 2.92. The van der Waals surface area contributed by atoms with Gasteiger partial charge in [-0.3, -0.25) is 19.0 Å². The molecular weight excluding hydrogens is 342 g/mol. The number of halogens is 1. The van der Waals surface area contributed by atoms with Crippen LogP contribution in [0.3, 0.4) is 0 Å². The molecule has 0 saturated carbocycles. The number of hydrogen-bond acceptors (Lipinski definition) is 4. The summed E-state index contributed by atoms with van der Waals surface area (Å²) in [5.74, 6) is -1.25. The molecule has 112 valence electrons. The lowest BCUT2D eigenvalue weighted by Crippen LogP contribution is -2.27. The lowest BCUT2D eigenvalue weighted by Gasteiger charge is -2.16. The highest BCUT2D eigenvalue weighted by Gasteiger charge is 2.17. The monoisotopic (exact) mass is 355 g/mol. The molecule has 1 amide bonds. The van der Waals surface area contributed by atoms with Crippen LogP contribution in [-0.4, -0.2) is 48.5 Å². The third kappa shape index (κ3) is 3.48. The number of aliphatic carboxylic acids is 1. The molecule has 0 aliphatic heterocycles. The SMILES string of the molecule is CN(Cc1c(Br)cnn1C)C(=O)c1cnn(CC(=O)O)c1. The van der Waals surface area contributed by atoms with Crippen LogP contribution in [0.25, 0.3) is 0 Å². The summed E-state index contributed by atoms with van der Waals surface area (Å²) in [5.41, 5.74) is 1.21. The number of carboxylic acid groups (broad SMARTS) is 1. The van der Waals surface area contributed by atoms with Gasteiger partial charge in [-0.05, 0) is 15.9 Å². The molecule has 0 aromatic carbocycles. The highest BCUT2D eigenvalue weighted by atomic mass is 79.9. The molecule has 2 heterocycles. The first kappa shape index (κ1) is 15.2. The number of carbonyl (C=O) groups excluding carboxylic acids is 1. The van der Waals surface area contributed by atoms with E-state index in [2.05, 4.69) is 26.1 Å². The predicted octanol–water partition coefficient (Wildman–Crippen LogP) is 0.736. The van der Waals surface area contributed by atoms with E-state index >= 15 is 0 Å². The molecule has 0 aliphatic carbocycles. The normalized spacial score (nSPS) is 10.6. The lowest BCUT2D eigenvalue weighted by atomic mass is 10.3. The summed E-state index contributed by atoms with van der Waals surface area (Å²) in [5, 5.41) is 16.6. The summed E-state index contributed by atoms with van der Waals surface area (Å²) in [6.07, 6.45) is 4.45. The average molecular weight is 356 g/mol. The molecule has 9 heteroatoms. The van der Waals surface area contributed by atoms with Crippen LogP contribution in [0.4, 0.5) is 0 Å². The Kier molecular flexibility index (Phi) is 4.41. The Morgan fingerprint density at radius 1 is 1.38 bits per heavy atom. The summed E-state index contributed by atoms with van der Waals surface area (Å²) in [7, 11) is 3.46. The zero-order valence-corrected chi connectivity index (χ0v) is 13.1. The number of carbonyl (C=O) groups is 2. The highest BCUT2D eigenvalue weighted by molar-refractivity contribution is 9.10. The molecule has 0 spiro atoms. The fraction of sp³-hybridized carbons (Fsp3) is 0.333. The van der Waals surface area contributed by atoms with E-state index in [1.807, 2.05) is 0 Å². The number of carboxylic acids is 1. The molecule has 2 aromatic rings. The summed E-state index contributed by atoms with van der Waals surface area (Å²) < 4.78 is 3.72. The van der Waals surface area contributed by atoms with Crippen molar-refractivity contribution in [2.75, 3.05) is 7.05 Å². The Labute approximate surface area is 129 Å². The van der Waals surface area contributed by atoms with E-state index in [1.165, 1.54) is 22.0 Å². The Bertz CT molecular complexity index is 659. The van der Waals surface area contributed by atoms with Gasteiger partial charge in [0.05, 0.1) is 34.7 Å². The van der Waals surface area contributed by atoms with Crippen molar-refractivity contribution >= 4 is 27.8 Å². The minimum Gasteiger partial charge on any atom is -0.480 e. The molecule has 0 fully saturated rings. The van der Waals surface area contributed by atoms with E-state index < -0.39 is 5.97 Å². The first-order chi connectivity index (χ1) is 9.88. The van der Waals surface area contributed by atoms with Crippen molar-refractivity contribution in [1.29, 1.82) is 0 Å². The molecule has 0 bridgehead atoms. The number of hydrogen-bond donors (Lipinski definition) is 1. The summed E-state index contributed by atoms with van der Waals surface area (Å²) in [6, 6.07) is 0. The van der Waals surface area contributed by atoms with Gasteiger partial charge in [-0.15, -0.1) is 0 Å². The molecule has 0 atom stereocenters. The van der Waals surface area contributed by atoms with Gasteiger partial charge >= 0.3 is 5.97 Å². The van der Waals surface area contributed by atoms with Crippen molar-refractivity contribution in [2.24, 2.45) is 7.05 Å². The Morgan fingerprint density at radius 2 is 2.10 bits per heavy atom. The van der Waals surface area contributed by atoms with Gasteiger partial charge in [-0.25, -0.2) is 0 Å². The van der Waals surface area contributed by atoms with E-state index in [0.29, 0.717) is 12.1 Å². The fourth-order valence-corrected chi connectivity index (χ4v) is 2.30. The zero-order valence-electron chi connectivity index (χ0n) is 11.5. The van der Waals surface area contributed by atoms with Gasteiger partial charge in [0.2, 0.25) is 0 Å². The Hall–Kier alpha value is -2.16. The number of aryl methyl sites for hydroxylation is 1. The van der Waals surface area contributed by atoms with Crippen LogP contribution in [0.2, 0.25) is 0 Å². The molecule has 1 N–H and O–H groups in total. The number of nitrogens with zero attached hydrogens (tertiary/aromatic N) is 5. The van der Waals surface area contributed by atoms with Crippen LogP contribution in [0.1, 0.15) is 16.1 Å². The van der Waals surface area contributed by atoms with Crippen molar-refractivity contribution in [3.63, 3.8) is 0 Å². The van der Waals surface area contributed by atoms with Gasteiger partial charge in [0.15, 0.2) is 0 Å². The average Bonchev–Trinajstić information content (AvgIpc) is 2.99. The van der Waals surface area contributed by atoms with Gasteiger partial charge in [-0.1, -0.05) is 0 Å². The molecule has 2 aromatic heterocycles. The van der Waals surface area contributed by atoms with Gasteiger partial charge in [-0.2, -0.15) is 10.2 Å². The van der Waals surface area contributed by atoms with Gasteiger partial charge in [0.1, 0.15) is 6.54 Å². The number of amides is 1. The van der Waals surface area contributed by atoms with Crippen molar-refractivity contribution in [1.82, 2.24) is 24.5 Å². The second-order valence-electron chi connectivity index (χ2n) is 4.54.